The summed E-state index contributed by atoms with van der Waals surface area (Å²) in [6.45, 7) is 0.956. The Morgan fingerprint density at radius 3 is 2.25 bits per heavy atom. The second-order valence-electron chi connectivity index (χ2n) is 11.2. The van der Waals surface area contributed by atoms with E-state index in [4.69, 9.17) is 0 Å². The smallest absolute Gasteiger partial charge is 0.246 e. The molecule has 3 saturated heterocycles. The summed E-state index contributed by atoms with van der Waals surface area (Å²) >= 11 is 0. The first kappa shape index (κ1) is 26.1. The first-order valence-electron chi connectivity index (χ1n) is 14.3. The maximum absolute atomic E-state index is 13.9. The number of aromatic amines is 1. The summed E-state index contributed by atoms with van der Waals surface area (Å²) in [4.78, 5) is 61.3. The molecule has 1 aromatic heterocycles. The van der Waals surface area contributed by atoms with Gasteiger partial charge in [-0.3, -0.25) is 19.2 Å². The maximum Gasteiger partial charge on any atom is 0.246 e. The summed E-state index contributed by atoms with van der Waals surface area (Å²) in [6, 6.07) is 15.0. The number of benzene rings is 2. The van der Waals surface area contributed by atoms with Gasteiger partial charge in [-0.25, -0.2) is 0 Å². The van der Waals surface area contributed by atoms with Gasteiger partial charge in [0.1, 0.15) is 18.1 Å². The molecular formula is C31H35N5O4. The monoisotopic (exact) mass is 541 g/mol. The number of amides is 4. The zero-order valence-electron chi connectivity index (χ0n) is 22.5. The molecule has 0 bridgehead atoms. The van der Waals surface area contributed by atoms with Crippen LogP contribution in [0.25, 0.3) is 10.9 Å². The standard InChI is InChI=1S/C31H35N5O4/c37-28-18-22(17-21-19-32-24-11-5-4-10-23(21)24)33-29(38)26-12-6-14-35(26)31(40)27-13-7-15-36(27)30(39)25(34-28)16-20-8-2-1-3-9-20/h1-5,8-11,19,22,25-27,32H,6-7,12-18H2,(H,33,38)(H,34,37). The highest BCUT2D eigenvalue weighted by molar-refractivity contribution is 5.96. The minimum absolute atomic E-state index is 0.0217. The molecule has 3 fully saturated rings. The third-order valence-corrected chi connectivity index (χ3v) is 8.49. The van der Waals surface area contributed by atoms with E-state index >= 15 is 0 Å². The Morgan fingerprint density at radius 2 is 1.45 bits per heavy atom. The van der Waals surface area contributed by atoms with Crippen LogP contribution >= 0.6 is 0 Å². The zero-order chi connectivity index (χ0) is 27.6. The van der Waals surface area contributed by atoms with Crippen molar-refractivity contribution in [2.24, 2.45) is 0 Å². The third kappa shape index (κ3) is 5.20. The lowest BCUT2D eigenvalue weighted by atomic mass is 10.0. The fourth-order valence-corrected chi connectivity index (χ4v) is 6.55. The number of para-hydroxylation sites is 1. The van der Waals surface area contributed by atoms with Crippen molar-refractivity contribution in [2.45, 2.75) is 69.1 Å². The molecule has 3 aromatic rings. The molecule has 6 rings (SSSR count). The number of nitrogens with one attached hydrogen (secondary N) is 3. The highest BCUT2D eigenvalue weighted by Gasteiger charge is 2.44. The van der Waals surface area contributed by atoms with E-state index < -0.39 is 24.2 Å². The molecule has 3 N–H and O–H groups in total. The molecule has 2 aromatic carbocycles. The van der Waals surface area contributed by atoms with Gasteiger partial charge in [0, 0.05) is 49.1 Å². The lowest BCUT2D eigenvalue weighted by Crippen LogP contribution is -2.56. The van der Waals surface area contributed by atoms with Crippen molar-refractivity contribution in [2.75, 3.05) is 13.1 Å². The van der Waals surface area contributed by atoms with Gasteiger partial charge in [-0.1, -0.05) is 48.5 Å². The molecule has 9 nitrogen and oxygen atoms in total. The summed E-state index contributed by atoms with van der Waals surface area (Å²) in [5, 5.41) is 7.13. The minimum Gasteiger partial charge on any atom is -0.361 e. The summed E-state index contributed by atoms with van der Waals surface area (Å²) in [5.74, 6) is -0.945. The normalized spacial score (nSPS) is 26.0. The Labute approximate surface area is 233 Å². The van der Waals surface area contributed by atoms with Crippen LogP contribution in [-0.2, 0) is 32.0 Å². The topological polar surface area (TPSA) is 115 Å². The number of fused-ring (bicyclic) bond motifs is 3. The van der Waals surface area contributed by atoms with Crippen molar-refractivity contribution >= 4 is 34.5 Å². The third-order valence-electron chi connectivity index (χ3n) is 8.49. The van der Waals surface area contributed by atoms with E-state index in [9.17, 15) is 19.2 Å². The number of carbonyl (C=O) groups excluding carboxylic acids is 4. The van der Waals surface area contributed by atoms with Gasteiger partial charge in [0.2, 0.25) is 23.6 Å². The lowest BCUT2D eigenvalue weighted by Gasteiger charge is -2.32. The van der Waals surface area contributed by atoms with Crippen LogP contribution in [0.5, 0.6) is 0 Å². The van der Waals surface area contributed by atoms with E-state index in [2.05, 4.69) is 15.6 Å². The number of carbonyl (C=O) groups is 4. The molecule has 3 aliphatic heterocycles. The molecule has 0 saturated carbocycles. The molecule has 0 radical (unpaired) electrons. The SMILES string of the molecule is O=C1CC(Cc2c[nH]c3ccccc23)NC(=O)C2CCCN2C(=O)C2CCCN2C(=O)C(Cc2ccccc2)N1. The van der Waals surface area contributed by atoms with Gasteiger partial charge in [0.15, 0.2) is 0 Å². The van der Waals surface area contributed by atoms with Crippen LogP contribution in [0, 0.1) is 0 Å². The van der Waals surface area contributed by atoms with E-state index in [1.165, 1.54) is 0 Å². The molecule has 4 unspecified atom stereocenters. The molecule has 4 atom stereocenters. The van der Waals surface area contributed by atoms with Crippen LogP contribution in [0.2, 0.25) is 0 Å². The van der Waals surface area contributed by atoms with Crippen molar-refractivity contribution in [3.05, 3.63) is 71.9 Å². The highest BCUT2D eigenvalue weighted by atomic mass is 16.2. The Bertz CT molecular complexity index is 1420. The van der Waals surface area contributed by atoms with Crippen LogP contribution in [-0.4, -0.2) is 75.7 Å². The predicted molar refractivity (Wildman–Crippen MR) is 150 cm³/mol. The van der Waals surface area contributed by atoms with Gasteiger partial charge in [0.05, 0.1) is 0 Å². The first-order valence-corrected chi connectivity index (χ1v) is 14.3. The van der Waals surface area contributed by atoms with Crippen LogP contribution < -0.4 is 10.6 Å². The summed E-state index contributed by atoms with van der Waals surface area (Å²) in [6.07, 6.45) is 5.28. The van der Waals surface area contributed by atoms with E-state index in [1.807, 2.05) is 60.8 Å². The number of hydrogen-bond donors (Lipinski definition) is 3. The second-order valence-corrected chi connectivity index (χ2v) is 11.2. The number of rotatable bonds is 4. The van der Waals surface area contributed by atoms with Crippen molar-refractivity contribution < 1.29 is 19.2 Å². The summed E-state index contributed by atoms with van der Waals surface area (Å²) in [7, 11) is 0. The number of hydrogen-bond acceptors (Lipinski definition) is 4. The van der Waals surface area contributed by atoms with E-state index in [-0.39, 0.29) is 30.0 Å². The second kappa shape index (κ2) is 11.2. The predicted octanol–water partition coefficient (Wildman–Crippen LogP) is 2.31. The van der Waals surface area contributed by atoms with Gasteiger partial charge in [-0.2, -0.15) is 0 Å². The van der Waals surface area contributed by atoms with E-state index in [0.717, 1.165) is 28.5 Å². The zero-order valence-corrected chi connectivity index (χ0v) is 22.5. The summed E-state index contributed by atoms with van der Waals surface area (Å²) < 4.78 is 0. The van der Waals surface area contributed by atoms with Crippen LogP contribution in [0.4, 0.5) is 0 Å². The molecule has 208 valence electrons. The van der Waals surface area contributed by atoms with E-state index in [1.54, 1.807) is 9.80 Å². The largest absolute Gasteiger partial charge is 0.361 e. The van der Waals surface area contributed by atoms with Crippen molar-refractivity contribution in [1.29, 1.82) is 0 Å². The lowest BCUT2D eigenvalue weighted by molar-refractivity contribution is -0.147. The fraction of sp³-hybridized carbons (Fsp3) is 0.419. The minimum atomic E-state index is -0.803. The van der Waals surface area contributed by atoms with Gasteiger partial charge in [-0.05, 0) is 49.3 Å². The molecule has 40 heavy (non-hydrogen) atoms. The van der Waals surface area contributed by atoms with Gasteiger partial charge in [0.25, 0.3) is 0 Å². The average Bonchev–Trinajstić information content (AvgIpc) is 3.72. The Kier molecular flexibility index (Phi) is 7.28. The molecule has 9 heteroatoms. The highest BCUT2D eigenvalue weighted by Crippen LogP contribution is 2.27. The van der Waals surface area contributed by atoms with Crippen LogP contribution in [0.3, 0.4) is 0 Å². The van der Waals surface area contributed by atoms with Crippen LogP contribution in [0.1, 0.15) is 43.2 Å². The van der Waals surface area contributed by atoms with Gasteiger partial charge < -0.3 is 25.4 Å². The summed E-state index contributed by atoms with van der Waals surface area (Å²) in [5.41, 5.74) is 2.91. The Morgan fingerprint density at radius 1 is 0.750 bits per heavy atom. The number of nitrogens with zero attached hydrogens (tertiary/aromatic N) is 2. The molecule has 4 amide bonds. The van der Waals surface area contributed by atoms with Gasteiger partial charge >= 0.3 is 0 Å². The Balaban J connectivity index is 1.33. The number of H-pyrrole nitrogens is 1. The number of aromatic nitrogens is 1. The first-order chi connectivity index (χ1) is 19.5. The fourth-order valence-electron chi connectivity index (χ4n) is 6.55. The average molecular weight is 542 g/mol. The Hall–Kier alpha value is -4.14. The maximum atomic E-state index is 13.9. The molecule has 0 aliphatic carbocycles. The van der Waals surface area contributed by atoms with Gasteiger partial charge in [-0.15, -0.1) is 0 Å². The van der Waals surface area contributed by atoms with Crippen molar-refractivity contribution in [3.63, 3.8) is 0 Å². The molecule has 0 spiro atoms. The van der Waals surface area contributed by atoms with Crippen molar-refractivity contribution in [1.82, 2.24) is 25.4 Å². The van der Waals surface area contributed by atoms with Crippen LogP contribution in [0.15, 0.2) is 60.8 Å². The van der Waals surface area contributed by atoms with Crippen molar-refractivity contribution in [3.8, 4) is 0 Å². The quantitative estimate of drug-likeness (QED) is 0.470. The molecular weight excluding hydrogens is 506 g/mol. The van der Waals surface area contributed by atoms with E-state index in [0.29, 0.717) is 45.2 Å². The molecule has 3 aliphatic rings. The molecule has 4 heterocycles.